The number of hydrogen-bond donors (Lipinski definition) is 1. The molecule has 0 aliphatic carbocycles. The predicted molar refractivity (Wildman–Crippen MR) is 118 cm³/mol. The number of nitrogens with one attached hydrogen (secondary N) is 1. The lowest BCUT2D eigenvalue weighted by Gasteiger charge is -2.09. The van der Waals surface area contributed by atoms with Gasteiger partial charge in [0.15, 0.2) is 5.76 Å². The molecule has 33 heavy (non-hydrogen) atoms. The van der Waals surface area contributed by atoms with Gasteiger partial charge in [-0.1, -0.05) is 66.7 Å². The molecule has 1 N–H and O–H groups in total. The van der Waals surface area contributed by atoms with Crippen LogP contribution >= 0.6 is 0 Å². The summed E-state index contributed by atoms with van der Waals surface area (Å²) in [7, 11) is -4.11. The van der Waals surface area contributed by atoms with Gasteiger partial charge in [0.25, 0.3) is 10.0 Å². The minimum atomic E-state index is -4.46. The highest BCUT2D eigenvalue weighted by Gasteiger charge is 2.30. The van der Waals surface area contributed by atoms with Crippen LogP contribution in [0.5, 0.6) is 0 Å². The summed E-state index contributed by atoms with van der Waals surface area (Å²) in [6, 6.07) is 22.4. The molecule has 170 valence electrons. The van der Waals surface area contributed by atoms with E-state index < -0.39 is 21.8 Å². The summed E-state index contributed by atoms with van der Waals surface area (Å²) in [5, 5.41) is -0.281. The molecule has 0 radical (unpaired) electrons. The van der Waals surface area contributed by atoms with Crippen LogP contribution in [0.3, 0.4) is 0 Å². The van der Waals surface area contributed by atoms with Gasteiger partial charge in [-0.15, -0.1) is 0 Å². The van der Waals surface area contributed by atoms with Crippen LogP contribution in [-0.2, 0) is 22.6 Å². The summed E-state index contributed by atoms with van der Waals surface area (Å²) in [6.07, 6.45) is -4.39. The number of alkyl halides is 3. The molecule has 0 unspecified atom stereocenters. The highest BCUT2D eigenvalue weighted by Crippen LogP contribution is 2.32. The normalized spacial score (nSPS) is 12.1. The molecule has 0 atom stereocenters. The Bertz CT molecular complexity index is 1340. The van der Waals surface area contributed by atoms with Crippen molar-refractivity contribution in [2.24, 2.45) is 0 Å². The molecule has 0 saturated heterocycles. The molecule has 5 nitrogen and oxygen atoms in total. The highest BCUT2D eigenvalue weighted by atomic mass is 32.2. The second-order valence-electron chi connectivity index (χ2n) is 7.23. The zero-order chi connectivity index (χ0) is 23.5. The summed E-state index contributed by atoms with van der Waals surface area (Å²) in [6.45, 7) is -0.106. The monoisotopic (exact) mass is 472 g/mol. The lowest BCUT2D eigenvalue weighted by molar-refractivity contribution is -0.137. The molecule has 0 spiro atoms. The van der Waals surface area contributed by atoms with E-state index in [1.807, 2.05) is 6.07 Å². The van der Waals surface area contributed by atoms with E-state index in [1.54, 1.807) is 54.6 Å². The first-order chi connectivity index (χ1) is 15.7. The Morgan fingerprint density at radius 3 is 2.12 bits per heavy atom. The van der Waals surface area contributed by atoms with Crippen molar-refractivity contribution in [3.63, 3.8) is 0 Å². The van der Waals surface area contributed by atoms with Crippen molar-refractivity contribution in [1.29, 1.82) is 0 Å². The molecule has 1 aromatic heterocycles. The number of oxazole rings is 1. The maximum atomic E-state index is 13.1. The first-order valence-corrected chi connectivity index (χ1v) is 11.5. The summed E-state index contributed by atoms with van der Waals surface area (Å²) in [5.74, 6) is 0.230. The fraction of sp³-hybridized carbons (Fsp3) is 0.125. The summed E-state index contributed by atoms with van der Waals surface area (Å²) < 4.78 is 73.2. The van der Waals surface area contributed by atoms with E-state index in [0.29, 0.717) is 16.7 Å². The number of hydrogen-bond acceptors (Lipinski definition) is 4. The lowest BCUT2D eigenvalue weighted by Crippen LogP contribution is -2.26. The van der Waals surface area contributed by atoms with Crippen molar-refractivity contribution in [3.05, 3.63) is 96.1 Å². The van der Waals surface area contributed by atoms with Crippen molar-refractivity contribution < 1.29 is 26.0 Å². The van der Waals surface area contributed by atoms with Crippen LogP contribution in [0.1, 0.15) is 11.1 Å². The molecule has 0 amide bonds. The van der Waals surface area contributed by atoms with Gasteiger partial charge in [0, 0.05) is 17.7 Å². The molecule has 0 aliphatic heterocycles. The molecular formula is C24H19F3N2O3S. The average molecular weight is 472 g/mol. The molecule has 0 fully saturated rings. The minimum Gasteiger partial charge on any atom is -0.435 e. The van der Waals surface area contributed by atoms with Crippen LogP contribution < -0.4 is 4.72 Å². The fourth-order valence-corrected chi connectivity index (χ4v) is 4.38. The van der Waals surface area contributed by atoms with Crippen molar-refractivity contribution >= 4 is 10.0 Å². The molecule has 4 rings (SSSR count). The topological polar surface area (TPSA) is 72.2 Å². The van der Waals surface area contributed by atoms with Crippen molar-refractivity contribution in [2.75, 3.05) is 6.54 Å². The fourth-order valence-electron chi connectivity index (χ4n) is 3.27. The van der Waals surface area contributed by atoms with Gasteiger partial charge >= 0.3 is 6.18 Å². The standard InChI is InChI=1S/C24H19F3N2O3S/c25-24(26,27)20-13-7-8-17(16-20)14-15-28-33(30,31)23-21(18-9-3-1-4-10-18)32-22(29-23)19-11-5-2-6-12-19/h1-13,16,28H,14-15H2. The molecule has 0 bridgehead atoms. The van der Waals surface area contributed by atoms with Gasteiger partial charge in [0.05, 0.1) is 5.56 Å². The second-order valence-corrected chi connectivity index (χ2v) is 8.91. The Kier molecular flexibility index (Phi) is 6.35. The van der Waals surface area contributed by atoms with Crippen LogP contribution in [0.15, 0.2) is 94.4 Å². The van der Waals surface area contributed by atoms with Crippen LogP contribution in [0.2, 0.25) is 0 Å². The average Bonchev–Trinajstić information content (AvgIpc) is 3.27. The van der Waals surface area contributed by atoms with Gasteiger partial charge in [-0.25, -0.2) is 13.1 Å². The summed E-state index contributed by atoms with van der Waals surface area (Å²) >= 11 is 0. The molecule has 0 saturated carbocycles. The largest absolute Gasteiger partial charge is 0.435 e. The third kappa shape index (κ3) is 5.32. The van der Waals surface area contributed by atoms with Gasteiger partial charge in [-0.3, -0.25) is 0 Å². The van der Waals surface area contributed by atoms with Crippen molar-refractivity contribution in [1.82, 2.24) is 9.71 Å². The smallest absolute Gasteiger partial charge is 0.416 e. The maximum Gasteiger partial charge on any atom is 0.416 e. The van der Waals surface area contributed by atoms with Crippen molar-refractivity contribution in [3.8, 4) is 22.8 Å². The number of benzene rings is 3. The molecule has 9 heteroatoms. The Hall–Kier alpha value is -3.43. The van der Waals surface area contributed by atoms with Gasteiger partial charge in [0.2, 0.25) is 10.9 Å². The summed E-state index contributed by atoms with van der Waals surface area (Å²) in [4.78, 5) is 4.23. The van der Waals surface area contributed by atoms with Crippen LogP contribution in [0.25, 0.3) is 22.8 Å². The number of halogens is 3. The number of rotatable bonds is 7. The number of nitrogens with zero attached hydrogens (tertiary/aromatic N) is 1. The van der Waals surface area contributed by atoms with E-state index >= 15 is 0 Å². The first-order valence-electron chi connectivity index (χ1n) is 10.0. The van der Waals surface area contributed by atoms with Gasteiger partial charge in [0.1, 0.15) is 0 Å². The quantitative estimate of drug-likeness (QED) is 0.383. The van der Waals surface area contributed by atoms with Gasteiger partial charge < -0.3 is 4.42 Å². The van der Waals surface area contributed by atoms with E-state index in [-0.39, 0.29) is 29.6 Å². The Morgan fingerprint density at radius 2 is 1.48 bits per heavy atom. The number of aromatic nitrogens is 1. The van der Waals surface area contributed by atoms with Gasteiger partial charge in [-0.2, -0.15) is 18.2 Å². The van der Waals surface area contributed by atoms with E-state index in [2.05, 4.69) is 9.71 Å². The molecule has 1 heterocycles. The zero-order valence-electron chi connectivity index (χ0n) is 17.2. The van der Waals surface area contributed by atoms with E-state index in [9.17, 15) is 21.6 Å². The van der Waals surface area contributed by atoms with Crippen LogP contribution in [-0.4, -0.2) is 19.9 Å². The number of sulfonamides is 1. The molecule has 3 aromatic carbocycles. The SMILES string of the molecule is O=S(=O)(NCCc1cccc(C(F)(F)F)c1)c1nc(-c2ccccc2)oc1-c1ccccc1. The van der Waals surface area contributed by atoms with Crippen LogP contribution in [0.4, 0.5) is 13.2 Å². The predicted octanol–water partition coefficient (Wildman–Crippen LogP) is 5.55. The van der Waals surface area contributed by atoms with E-state index in [4.69, 9.17) is 4.42 Å². The maximum absolute atomic E-state index is 13.1. The third-order valence-electron chi connectivity index (χ3n) is 4.87. The van der Waals surface area contributed by atoms with Crippen molar-refractivity contribution in [2.45, 2.75) is 17.6 Å². The van der Waals surface area contributed by atoms with Crippen LogP contribution in [0, 0.1) is 0 Å². The van der Waals surface area contributed by atoms with Gasteiger partial charge in [-0.05, 0) is 30.2 Å². The molecule has 0 aliphatic rings. The minimum absolute atomic E-state index is 0.0766. The highest BCUT2D eigenvalue weighted by molar-refractivity contribution is 7.89. The Labute approximate surface area is 189 Å². The Balaban J connectivity index is 1.60. The lowest BCUT2D eigenvalue weighted by atomic mass is 10.1. The Morgan fingerprint density at radius 1 is 0.848 bits per heavy atom. The summed E-state index contributed by atoms with van der Waals surface area (Å²) in [5.41, 5.74) is 0.727. The van der Waals surface area contributed by atoms with E-state index in [1.165, 1.54) is 12.1 Å². The third-order valence-corrected chi connectivity index (χ3v) is 6.24. The molecule has 4 aromatic rings. The molecular weight excluding hydrogens is 453 g/mol. The van der Waals surface area contributed by atoms with E-state index in [0.717, 1.165) is 12.1 Å². The first kappa shape index (κ1) is 22.8. The zero-order valence-corrected chi connectivity index (χ0v) is 18.0. The second kappa shape index (κ2) is 9.21.